The van der Waals surface area contributed by atoms with Gasteiger partial charge in [-0.15, -0.1) is 0 Å². The summed E-state index contributed by atoms with van der Waals surface area (Å²) in [5.41, 5.74) is 0. The van der Waals surface area contributed by atoms with Crippen molar-refractivity contribution in [2.24, 2.45) is 35.5 Å². The van der Waals surface area contributed by atoms with Crippen LogP contribution in [0, 0.1) is 35.5 Å². The lowest BCUT2D eigenvalue weighted by molar-refractivity contribution is -0.126. The van der Waals surface area contributed by atoms with Gasteiger partial charge in [0.05, 0.1) is 11.8 Å². The Morgan fingerprint density at radius 3 is 2.00 bits per heavy atom. The molecule has 0 aromatic heterocycles. The quantitative estimate of drug-likeness (QED) is 0.441. The first-order valence-electron chi connectivity index (χ1n) is 5.30. The van der Waals surface area contributed by atoms with Crippen LogP contribution >= 0.6 is 0 Å². The van der Waals surface area contributed by atoms with Gasteiger partial charge in [-0.1, -0.05) is 12.2 Å². The van der Waals surface area contributed by atoms with E-state index < -0.39 is 0 Å². The molecule has 1 aliphatic heterocycles. The number of hydrogen-bond acceptors (Lipinski definition) is 2. The van der Waals surface area contributed by atoms with Crippen LogP contribution in [0.1, 0.15) is 6.42 Å². The summed E-state index contributed by atoms with van der Waals surface area (Å²) >= 11 is 0. The van der Waals surface area contributed by atoms with Crippen LogP contribution in [-0.4, -0.2) is 11.8 Å². The monoisotopic (exact) mass is 189 g/mol. The van der Waals surface area contributed by atoms with E-state index in [9.17, 15) is 9.59 Å². The minimum atomic E-state index is -0.0266. The highest BCUT2D eigenvalue weighted by Gasteiger charge is 2.65. The lowest BCUT2D eigenvalue weighted by atomic mass is 9.63. The maximum absolute atomic E-state index is 11.6. The third-order valence-electron chi connectivity index (χ3n) is 4.50. The van der Waals surface area contributed by atoms with Crippen LogP contribution in [0.2, 0.25) is 0 Å². The smallest absolute Gasteiger partial charge is 0.231 e. The lowest BCUT2D eigenvalue weighted by Gasteiger charge is -2.37. The van der Waals surface area contributed by atoms with E-state index in [1.807, 2.05) is 0 Å². The summed E-state index contributed by atoms with van der Waals surface area (Å²) in [5.74, 6) is 2.05. The molecule has 1 N–H and O–H groups in total. The molecule has 0 aromatic carbocycles. The molecule has 5 aliphatic rings. The summed E-state index contributed by atoms with van der Waals surface area (Å²) in [4.78, 5) is 23.2. The molecule has 6 atom stereocenters. The van der Waals surface area contributed by atoms with Crippen LogP contribution in [0.25, 0.3) is 0 Å². The van der Waals surface area contributed by atoms with E-state index in [0.717, 1.165) is 0 Å². The second-order valence-electron chi connectivity index (χ2n) is 5.01. The van der Waals surface area contributed by atoms with Crippen LogP contribution in [0.3, 0.4) is 0 Å². The van der Waals surface area contributed by atoms with Crippen molar-refractivity contribution in [2.75, 3.05) is 0 Å². The molecule has 2 saturated carbocycles. The first-order valence-corrected chi connectivity index (χ1v) is 5.30. The topological polar surface area (TPSA) is 46.2 Å². The van der Waals surface area contributed by atoms with E-state index in [-0.39, 0.29) is 23.7 Å². The van der Waals surface area contributed by atoms with Crippen LogP contribution < -0.4 is 5.32 Å². The van der Waals surface area contributed by atoms with Crippen molar-refractivity contribution < 1.29 is 9.59 Å². The molecule has 6 unspecified atom stereocenters. The van der Waals surface area contributed by atoms with Crippen LogP contribution in [-0.2, 0) is 9.59 Å². The van der Waals surface area contributed by atoms with Gasteiger partial charge in [0.1, 0.15) is 0 Å². The van der Waals surface area contributed by atoms with Gasteiger partial charge in [0.15, 0.2) is 0 Å². The number of carbonyl (C=O) groups excluding carboxylic acids is 2. The third kappa shape index (κ3) is 0.606. The predicted octanol–water partition coefficient (Wildman–Crippen LogP) is 0.327. The molecule has 1 saturated heterocycles. The van der Waals surface area contributed by atoms with Crippen molar-refractivity contribution in [3.05, 3.63) is 12.2 Å². The summed E-state index contributed by atoms with van der Waals surface area (Å²) in [5, 5.41) is 2.48. The Morgan fingerprint density at radius 1 is 1.00 bits per heavy atom. The maximum atomic E-state index is 11.6. The van der Waals surface area contributed by atoms with Gasteiger partial charge < -0.3 is 0 Å². The Labute approximate surface area is 81.5 Å². The third-order valence-corrected chi connectivity index (χ3v) is 4.50. The molecule has 5 rings (SSSR count). The van der Waals surface area contributed by atoms with E-state index in [0.29, 0.717) is 23.7 Å². The minimum absolute atomic E-state index is 0.0234. The van der Waals surface area contributed by atoms with Crippen molar-refractivity contribution in [2.45, 2.75) is 6.42 Å². The standard InChI is InChI=1S/C11H11NO2/c13-10-8-4-1-2-5(7-3-6(4)7)9(8)11(14)12-10/h1-2,4-9H,3H2,(H,12,13,14). The maximum Gasteiger partial charge on any atom is 0.231 e. The Balaban J connectivity index is 1.88. The van der Waals surface area contributed by atoms with Crippen molar-refractivity contribution >= 4 is 11.8 Å². The molecule has 3 nitrogen and oxygen atoms in total. The minimum Gasteiger partial charge on any atom is -0.296 e. The zero-order valence-electron chi connectivity index (χ0n) is 7.64. The summed E-state index contributed by atoms with van der Waals surface area (Å²) in [6, 6.07) is 0. The molecule has 3 heteroatoms. The normalized spacial score (nSPS) is 56.9. The summed E-state index contributed by atoms with van der Waals surface area (Å²) in [7, 11) is 0. The molecule has 3 fully saturated rings. The molecule has 0 radical (unpaired) electrons. The average molecular weight is 189 g/mol. The molecular formula is C11H11NO2. The highest BCUT2D eigenvalue weighted by molar-refractivity contribution is 6.06. The Bertz CT molecular complexity index is 353. The second-order valence-corrected chi connectivity index (χ2v) is 5.01. The van der Waals surface area contributed by atoms with E-state index in [1.54, 1.807) is 0 Å². The number of rotatable bonds is 0. The predicted molar refractivity (Wildman–Crippen MR) is 47.8 cm³/mol. The van der Waals surface area contributed by atoms with E-state index >= 15 is 0 Å². The van der Waals surface area contributed by atoms with E-state index in [4.69, 9.17) is 0 Å². The first kappa shape index (κ1) is 7.21. The van der Waals surface area contributed by atoms with Crippen LogP contribution in [0.4, 0.5) is 0 Å². The largest absolute Gasteiger partial charge is 0.296 e. The fourth-order valence-electron chi connectivity index (χ4n) is 3.88. The summed E-state index contributed by atoms with van der Waals surface area (Å²) in [6.45, 7) is 0. The molecule has 72 valence electrons. The van der Waals surface area contributed by atoms with Crippen LogP contribution in [0.5, 0.6) is 0 Å². The molecule has 0 spiro atoms. The second kappa shape index (κ2) is 1.95. The zero-order chi connectivity index (χ0) is 9.45. The molecule has 1 heterocycles. The molecular weight excluding hydrogens is 178 g/mol. The van der Waals surface area contributed by atoms with Gasteiger partial charge in [-0.05, 0) is 30.1 Å². The fraction of sp³-hybridized carbons (Fsp3) is 0.636. The molecule has 2 bridgehead atoms. The Kier molecular flexibility index (Phi) is 1.00. The van der Waals surface area contributed by atoms with E-state index in [2.05, 4.69) is 17.5 Å². The molecule has 4 aliphatic carbocycles. The van der Waals surface area contributed by atoms with Gasteiger partial charge in [0.2, 0.25) is 11.8 Å². The van der Waals surface area contributed by atoms with Gasteiger partial charge in [-0.25, -0.2) is 0 Å². The Morgan fingerprint density at radius 2 is 1.50 bits per heavy atom. The van der Waals surface area contributed by atoms with Gasteiger partial charge in [0, 0.05) is 0 Å². The molecule has 2 amide bonds. The van der Waals surface area contributed by atoms with Gasteiger partial charge in [-0.3, -0.25) is 14.9 Å². The number of amides is 2. The van der Waals surface area contributed by atoms with Gasteiger partial charge in [0.25, 0.3) is 0 Å². The van der Waals surface area contributed by atoms with Crippen molar-refractivity contribution in [1.29, 1.82) is 0 Å². The van der Waals surface area contributed by atoms with Gasteiger partial charge in [-0.2, -0.15) is 0 Å². The highest BCUT2D eigenvalue weighted by atomic mass is 16.2. The zero-order valence-corrected chi connectivity index (χ0v) is 7.64. The lowest BCUT2D eigenvalue weighted by Crippen LogP contribution is -2.40. The number of imide groups is 1. The van der Waals surface area contributed by atoms with Crippen molar-refractivity contribution in [3.63, 3.8) is 0 Å². The summed E-state index contributed by atoms with van der Waals surface area (Å²) in [6.07, 6.45) is 5.59. The number of allylic oxidation sites excluding steroid dienone is 2. The molecule has 14 heavy (non-hydrogen) atoms. The average Bonchev–Trinajstić information content (AvgIpc) is 2.92. The number of nitrogens with one attached hydrogen (secondary N) is 1. The van der Waals surface area contributed by atoms with Crippen molar-refractivity contribution in [1.82, 2.24) is 5.32 Å². The fourth-order valence-corrected chi connectivity index (χ4v) is 3.88. The SMILES string of the molecule is O=C1NC(=O)C2C3C=CC(C4CC34)C12. The number of carbonyl (C=O) groups is 2. The number of hydrogen-bond donors (Lipinski definition) is 1. The molecule has 0 aromatic rings. The van der Waals surface area contributed by atoms with Gasteiger partial charge >= 0.3 is 0 Å². The summed E-state index contributed by atoms with van der Waals surface area (Å²) < 4.78 is 0. The van der Waals surface area contributed by atoms with Crippen molar-refractivity contribution in [3.8, 4) is 0 Å². The van der Waals surface area contributed by atoms with Crippen LogP contribution in [0.15, 0.2) is 12.2 Å². The van der Waals surface area contributed by atoms with E-state index in [1.165, 1.54) is 6.42 Å². The Hall–Kier alpha value is -1.12. The highest BCUT2D eigenvalue weighted by Crippen LogP contribution is 2.64. The first-order chi connectivity index (χ1) is 6.77.